The first-order valence-electron chi connectivity index (χ1n) is 7.37. The average molecular weight is 289 g/mol. The topological polar surface area (TPSA) is 58.9 Å². The number of ether oxygens (including phenoxy) is 1. The highest BCUT2D eigenvalue weighted by atomic mass is 16.5. The van der Waals surface area contributed by atoms with Gasteiger partial charge in [0.05, 0.1) is 6.61 Å². The molecule has 0 radical (unpaired) electrons. The normalized spacial score (nSPS) is 15.8. The van der Waals surface area contributed by atoms with Crippen molar-refractivity contribution >= 4 is 12.2 Å². The van der Waals surface area contributed by atoms with E-state index in [1.165, 1.54) is 5.56 Å². The van der Waals surface area contributed by atoms with Crippen LogP contribution < -0.4 is 4.74 Å². The Kier molecular flexibility index (Phi) is 4.66. The van der Waals surface area contributed by atoms with Crippen LogP contribution >= 0.6 is 0 Å². The molecule has 0 aliphatic carbocycles. The maximum atomic E-state index is 11.3. The molecule has 4 nitrogen and oxygen atoms in total. The minimum absolute atomic E-state index is 0.116. The van der Waals surface area contributed by atoms with E-state index in [2.05, 4.69) is 25.8 Å². The number of aliphatic imine (C=N–C) groups is 1. The molecule has 1 N–H and O–H groups in total. The summed E-state index contributed by atoms with van der Waals surface area (Å²) in [6.45, 7) is 7.04. The molecule has 1 unspecified atom stereocenters. The van der Waals surface area contributed by atoms with Crippen LogP contribution in [0.4, 0.5) is 0 Å². The zero-order valence-electron chi connectivity index (χ0n) is 12.9. The molecule has 0 spiro atoms. The Balaban J connectivity index is 2.04. The lowest BCUT2D eigenvalue weighted by molar-refractivity contribution is -0.138. The quantitative estimate of drug-likeness (QED) is 0.846. The minimum Gasteiger partial charge on any atom is -0.493 e. The van der Waals surface area contributed by atoms with Crippen LogP contribution in [0.1, 0.15) is 44.7 Å². The Bertz CT molecular complexity index is 543. The maximum Gasteiger partial charge on any atom is 0.328 e. The number of fused-ring (bicyclic) bond motifs is 1. The summed E-state index contributed by atoms with van der Waals surface area (Å²) in [5, 5.41) is 9.26. The summed E-state index contributed by atoms with van der Waals surface area (Å²) in [4.78, 5) is 15.5. The molecule has 1 aromatic carbocycles. The van der Waals surface area contributed by atoms with Gasteiger partial charge in [-0.05, 0) is 35.4 Å². The van der Waals surface area contributed by atoms with Crippen LogP contribution in [-0.4, -0.2) is 29.9 Å². The minimum atomic E-state index is -0.868. The molecule has 21 heavy (non-hydrogen) atoms. The van der Waals surface area contributed by atoms with Crippen LogP contribution in [0.5, 0.6) is 5.75 Å². The van der Waals surface area contributed by atoms with Gasteiger partial charge in [0, 0.05) is 12.6 Å². The first-order chi connectivity index (χ1) is 9.85. The van der Waals surface area contributed by atoms with Crippen molar-refractivity contribution in [2.24, 2.45) is 10.4 Å². The lowest BCUT2D eigenvalue weighted by Gasteiger charge is -2.19. The number of carbonyl (C=O) groups is 1. The second kappa shape index (κ2) is 6.29. The van der Waals surface area contributed by atoms with Crippen LogP contribution in [0, 0.1) is 5.41 Å². The van der Waals surface area contributed by atoms with Crippen molar-refractivity contribution in [3.63, 3.8) is 0 Å². The first-order valence-corrected chi connectivity index (χ1v) is 7.37. The molecule has 0 bridgehead atoms. The molecule has 1 aliphatic heterocycles. The third-order valence-corrected chi connectivity index (χ3v) is 3.58. The Labute approximate surface area is 125 Å². The van der Waals surface area contributed by atoms with Gasteiger partial charge in [0.1, 0.15) is 11.8 Å². The van der Waals surface area contributed by atoms with Crippen molar-refractivity contribution in [1.29, 1.82) is 0 Å². The SMILES string of the molecule is CC(C)(C)CCC(N=Cc1ccc2c(c1)OCC2)C(=O)O. The molecule has 0 amide bonds. The lowest BCUT2D eigenvalue weighted by Crippen LogP contribution is -2.20. The standard InChI is InChI=1S/C17H23NO3/c1-17(2,3)8-6-14(16(19)20)18-11-12-4-5-13-7-9-21-15(13)10-12/h4-5,10-11,14H,6-9H2,1-3H3,(H,19,20). The van der Waals surface area contributed by atoms with Gasteiger partial charge in [-0.1, -0.05) is 32.9 Å². The molecule has 1 aromatic rings. The zero-order valence-corrected chi connectivity index (χ0v) is 12.9. The molecule has 1 atom stereocenters. The lowest BCUT2D eigenvalue weighted by atomic mass is 9.89. The van der Waals surface area contributed by atoms with Crippen LogP contribution in [0.15, 0.2) is 23.2 Å². The summed E-state index contributed by atoms with van der Waals surface area (Å²) in [5.41, 5.74) is 2.21. The molecular formula is C17H23NO3. The van der Waals surface area contributed by atoms with E-state index in [0.29, 0.717) is 6.42 Å². The summed E-state index contributed by atoms with van der Waals surface area (Å²) >= 11 is 0. The molecule has 1 aliphatic rings. The van der Waals surface area contributed by atoms with E-state index in [4.69, 9.17) is 4.74 Å². The average Bonchev–Trinajstić information content (AvgIpc) is 2.84. The van der Waals surface area contributed by atoms with Crippen molar-refractivity contribution < 1.29 is 14.6 Å². The monoisotopic (exact) mass is 289 g/mol. The number of hydrogen-bond donors (Lipinski definition) is 1. The smallest absolute Gasteiger partial charge is 0.328 e. The van der Waals surface area contributed by atoms with Crippen LogP contribution in [-0.2, 0) is 11.2 Å². The summed E-state index contributed by atoms with van der Waals surface area (Å²) < 4.78 is 5.51. The molecule has 0 fully saturated rings. The van der Waals surface area contributed by atoms with Gasteiger partial charge >= 0.3 is 5.97 Å². The third kappa shape index (κ3) is 4.59. The van der Waals surface area contributed by atoms with Gasteiger partial charge in [-0.3, -0.25) is 4.99 Å². The van der Waals surface area contributed by atoms with E-state index in [1.807, 2.05) is 18.2 Å². The van der Waals surface area contributed by atoms with E-state index in [-0.39, 0.29) is 5.41 Å². The number of aliphatic carboxylic acids is 1. The highest BCUT2D eigenvalue weighted by Gasteiger charge is 2.19. The van der Waals surface area contributed by atoms with Crippen molar-refractivity contribution in [3.05, 3.63) is 29.3 Å². The van der Waals surface area contributed by atoms with E-state index < -0.39 is 12.0 Å². The number of hydrogen-bond acceptors (Lipinski definition) is 3. The molecule has 0 saturated heterocycles. The Hall–Kier alpha value is -1.84. The van der Waals surface area contributed by atoms with Crippen molar-refractivity contribution in [2.75, 3.05) is 6.61 Å². The van der Waals surface area contributed by atoms with E-state index in [0.717, 1.165) is 30.8 Å². The van der Waals surface area contributed by atoms with Crippen LogP contribution in [0.25, 0.3) is 0 Å². The van der Waals surface area contributed by atoms with Gasteiger partial charge in [-0.15, -0.1) is 0 Å². The van der Waals surface area contributed by atoms with E-state index >= 15 is 0 Å². The summed E-state index contributed by atoms with van der Waals surface area (Å²) in [6.07, 6.45) is 3.96. The number of rotatable bonds is 5. The molecule has 0 aromatic heterocycles. The van der Waals surface area contributed by atoms with Gasteiger partial charge in [0.2, 0.25) is 0 Å². The zero-order chi connectivity index (χ0) is 15.5. The number of nitrogens with zero attached hydrogens (tertiary/aromatic N) is 1. The highest BCUT2D eigenvalue weighted by Crippen LogP contribution is 2.26. The molecule has 2 rings (SSSR count). The molecule has 4 heteroatoms. The van der Waals surface area contributed by atoms with Crippen LogP contribution in [0.3, 0.4) is 0 Å². The Morgan fingerprint density at radius 2 is 2.24 bits per heavy atom. The van der Waals surface area contributed by atoms with Crippen LogP contribution in [0.2, 0.25) is 0 Å². The summed E-state index contributed by atoms with van der Waals surface area (Å²) in [6, 6.07) is 5.22. The Morgan fingerprint density at radius 1 is 1.48 bits per heavy atom. The van der Waals surface area contributed by atoms with Gasteiger partial charge in [-0.2, -0.15) is 0 Å². The van der Waals surface area contributed by atoms with Gasteiger partial charge in [0.15, 0.2) is 0 Å². The highest BCUT2D eigenvalue weighted by molar-refractivity contribution is 5.84. The summed E-state index contributed by atoms with van der Waals surface area (Å²) in [7, 11) is 0. The fraction of sp³-hybridized carbons (Fsp3) is 0.529. The number of carboxylic acid groups (broad SMARTS) is 1. The van der Waals surface area contributed by atoms with Crippen molar-refractivity contribution in [1.82, 2.24) is 0 Å². The predicted octanol–water partition coefficient (Wildman–Crippen LogP) is 3.32. The van der Waals surface area contributed by atoms with E-state index in [9.17, 15) is 9.90 Å². The summed E-state index contributed by atoms with van der Waals surface area (Å²) in [5.74, 6) is 0.0217. The second-order valence-corrected chi connectivity index (χ2v) is 6.70. The predicted molar refractivity (Wildman–Crippen MR) is 83.3 cm³/mol. The maximum absolute atomic E-state index is 11.3. The third-order valence-electron chi connectivity index (χ3n) is 3.58. The van der Waals surface area contributed by atoms with Crippen molar-refractivity contribution in [3.8, 4) is 5.75 Å². The molecular weight excluding hydrogens is 266 g/mol. The molecule has 114 valence electrons. The fourth-order valence-electron chi connectivity index (χ4n) is 2.27. The Morgan fingerprint density at radius 3 is 2.90 bits per heavy atom. The molecule has 0 saturated carbocycles. The molecule has 1 heterocycles. The van der Waals surface area contributed by atoms with Gasteiger partial charge in [0.25, 0.3) is 0 Å². The number of benzene rings is 1. The van der Waals surface area contributed by atoms with Crippen molar-refractivity contribution in [2.45, 2.75) is 46.1 Å². The van der Waals surface area contributed by atoms with Gasteiger partial charge < -0.3 is 9.84 Å². The fourth-order valence-corrected chi connectivity index (χ4v) is 2.27. The van der Waals surface area contributed by atoms with Gasteiger partial charge in [-0.25, -0.2) is 4.79 Å². The van der Waals surface area contributed by atoms with E-state index in [1.54, 1.807) is 6.21 Å². The largest absolute Gasteiger partial charge is 0.493 e. The second-order valence-electron chi connectivity index (χ2n) is 6.70. The first kappa shape index (κ1) is 15.5. The number of carboxylic acids is 1.